The molecule has 0 aliphatic heterocycles. The Morgan fingerprint density at radius 3 is 2.67 bits per heavy atom. The molecule has 2 amide bonds. The maximum atomic E-state index is 11.5. The summed E-state index contributed by atoms with van der Waals surface area (Å²) in [4.78, 5) is 26.7. The molecule has 0 saturated carbocycles. The molecule has 0 aromatic carbocycles. The highest BCUT2D eigenvalue weighted by molar-refractivity contribution is 5.94. The van der Waals surface area contributed by atoms with E-state index in [4.69, 9.17) is 5.73 Å². The fraction of sp³-hybridized carbons (Fsp3) is 0.500. The molecule has 0 unspecified atom stereocenters. The standard InChI is InChI=1S/C10H16N6O2/c1-6(2)8(11)9(18)13-5-7(17)15-10-12-3-4-14-16-10/h3-4,6,8H,5,11H2,1-2H3,(H,13,18)(H,12,15,16,17)/t8-/m0/s1. The maximum absolute atomic E-state index is 11.5. The minimum absolute atomic E-state index is 0.00900. The van der Waals surface area contributed by atoms with Gasteiger partial charge in [0.15, 0.2) is 0 Å². The Hall–Kier alpha value is -2.09. The Morgan fingerprint density at radius 1 is 1.39 bits per heavy atom. The summed E-state index contributed by atoms with van der Waals surface area (Å²) in [5.41, 5.74) is 5.62. The van der Waals surface area contributed by atoms with Gasteiger partial charge in [-0.1, -0.05) is 13.8 Å². The average molecular weight is 252 g/mol. The molecule has 0 radical (unpaired) electrons. The van der Waals surface area contributed by atoms with E-state index in [2.05, 4.69) is 25.8 Å². The summed E-state index contributed by atoms with van der Waals surface area (Å²) >= 11 is 0. The summed E-state index contributed by atoms with van der Waals surface area (Å²) < 4.78 is 0. The third-order valence-corrected chi connectivity index (χ3v) is 2.18. The van der Waals surface area contributed by atoms with Crippen molar-refractivity contribution in [2.45, 2.75) is 19.9 Å². The highest BCUT2D eigenvalue weighted by atomic mass is 16.2. The van der Waals surface area contributed by atoms with Crippen LogP contribution in [0.1, 0.15) is 13.8 Å². The first-order valence-electron chi connectivity index (χ1n) is 5.47. The van der Waals surface area contributed by atoms with E-state index in [1.807, 2.05) is 13.8 Å². The van der Waals surface area contributed by atoms with Crippen molar-refractivity contribution < 1.29 is 9.59 Å². The van der Waals surface area contributed by atoms with E-state index in [1.165, 1.54) is 12.4 Å². The summed E-state index contributed by atoms with van der Waals surface area (Å²) in [5.74, 6) is -0.709. The molecule has 1 atom stereocenters. The molecule has 0 aliphatic carbocycles. The van der Waals surface area contributed by atoms with Crippen molar-refractivity contribution in [3.8, 4) is 0 Å². The van der Waals surface area contributed by atoms with Crippen LogP contribution in [0.25, 0.3) is 0 Å². The lowest BCUT2D eigenvalue weighted by atomic mass is 10.1. The number of nitrogens with two attached hydrogens (primary N) is 1. The third kappa shape index (κ3) is 4.42. The van der Waals surface area contributed by atoms with E-state index in [1.54, 1.807) is 0 Å². The second kappa shape index (κ2) is 6.60. The Labute approximate surface area is 104 Å². The minimum Gasteiger partial charge on any atom is -0.346 e. The lowest BCUT2D eigenvalue weighted by Gasteiger charge is -2.14. The van der Waals surface area contributed by atoms with Crippen LogP contribution in [-0.2, 0) is 9.59 Å². The van der Waals surface area contributed by atoms with E-state index in [-0.39, 0.29) is 24.3 Å². The third-order valence-electron chi connectivity index (χ3n) is 2.18. The Kier molecular flexibility index (Phi) is 5.12. The summed E-state index contributed by atoms with van der Waals surface area (Å²) in [5, 5.41) is 11.9. The number of hydrogen-bond donors (Lipinski definition) is 3. The van der Waals surface area contributed by atoms with Gasteiger partial charge in [0.1, 0.15) is 0 Å². The number of aromatic nitrogens is 3. The van der Waals surface area contributed by atoms with Crippen molar-refractivity contribution in [2.24, 2.45) is 11.7 Å². The first kappa shape index (κ1) is 14.0. The van der Waals surface area contributed by atoms with Gasteiger partial charge in [-0.05, 0) is 5.92 Å². The zero-order chi connectivity index (χ0) is 13.5. The summed E-state index contributed by atoms with van der Waals surface area (Å²) in [7, 11) is 0. The number of nitrogens with one attached hydrogen (secondary N) is 2. The minimum atomic E-state index is -0.632. The molecular formula is C10H16N6O2. The lowest BCUT2D eigenvalue weighted by Crippen LogP contribution is -2.46. The molecule has 0 aliphatic rings. The van der Waals surface area contributed by atoms with Gasteiger partial charge in [-0.2, -0.15) is 5.10 Å². The molecule has 4 N–H and O–H groups in total. The summed E-state index contributed by atoms with van der Waals surface area (Å²) in [6.45, 7) is 3.47. The molecule has 8 heteroatoms. The van der Waals surface area contributed by atoms with Crippen molar-refractivity contribution in [1.29, 1.82) is 0 Å². The van der Waals surface area contributed by atoms with Crippen LogP contribution in [0.3, 0.4) is 0 Å². The van der Waals surface area contributed by atoms with Gasteiger partial charge in [0, 0.05) is 0 Å². The van der Waals surface area contributed by atoms with E-state index >= 15 is 0 Å². The number of hydrogen-bond acceptors (Lipinski definition) is 6. The van der Waals surface area contributed by atoms with Gasteiger partial charge in [-0.25, -0.2) is 4.98 Å². The molecule has 18 heavy (non-hydrogen) atoms. The summed E-state index contributed by atoms with van der Waals surface area (Å²) in [6.07, 6.45) is 2.79. The predicted octanol–water partition coefficient (Wildman–Crippen LogP) is -1.09. The molecule has 8 nitrogen and oxygen atoms in total. The first-order chi connectivity index (χ1) is 8.50. The van der Waals surface area contributed by atoms with E-state index < -0.39 is 11.9 Å². The number of carbonyl (C=O) groups excluding carboxylic acids is 2. The van der Waals surface area contributed by atoms with Crippen LogP contribution < -0.4 is 16.4 Å². The van der Waals surface area contributed by atoms with E-state index in [9.17, 15) is 9.59 Å². The second-order valence-corrected chi connectivity index (χ2v) is 4.00. The van der Waals surface area contributed by atoms with Crippen molar-refractivity contribution in [2.75, 3.05) is 11.9 Å². The lowest BCUT2D eigenvalue weighted by molar-refractivity contribution is -0.125. The van der Waals surface area contributed by atoms with Crippen molar-refractivity contribution in [3.63, 3.8) is 0 Å². The largest absolute Gasteiger partial charge is 0.346 e. The Balaban J connectivity index is 2.36. The highest BCUT2D eigenvalue weighted by Crippen LogP contribution is 1.97. The van der Waals surface area contributed by atoms with Gasteiger partial charge in [0.05, 0.1) is 25.0 Å². The molecule has 0 saturated heterocycles. The Bertz CT molecular complexity index is 408. The average Bonchev–Trinajstić information content (AvgIpc) is 2.36. The van der Waals surface area contributed by atoms with Gasteiger partial charge >= 0.3 is 0 Å². The van der Waals surface area contributed by atoms with Crippen molar-refractivity contribution in [1.82, 2.24) is 20.5 Å². The fourth-order valence-electron chi connectivity index (χ4n) is 1.06. The molecule has 1 aromatic heterocycles. The SMILES string of the molecule is CC(C)[C@H](N)C(=O)NCC(=O)Nc1nccnn1. The molecule has 0 fully saturated rings. The van der Waals surface area contributed by atoms with Crippen LogP contribution in [-0.4, -0.2) is 39.6 Å². The number of anilines is 1. The smallest absolute Gasteiger partial charge is 0.249 e. The molecule has 0 spiro atoms. The first-order valence-corrected chi connectivity index (χ1v) is 5.47. The molecular weight excluding hydrogens is 236 g/mol. The van der Waals surface area contributed by atoms with E-state index in [0.717, 1.165) is 0 Å². The van der Waals surface area contributed by atoms with Gasteiger partial charge in [0.25, 0.3) is 0 Å². The predicted molar refractivity (Wildman–Crippen MR) is 64.3 cm³/mol. The topological polar surface area (TPSA) is 123 Å². The highest BCUT2D eigenvalue weighted by Gasteiger charge is 2.17. The number of carbonyl (C=O) groups is 2. The van der Waals surface area contributed by atoms with Gasteiger partial charge in [-0.15, -0.1) is 5.10 Å². The van der Waals surface area contributed by atoms with Gasteiger partial charge < -0.3 is 11.1 Å². The van der Waals surface area contributed by atoms with Crippen LogP contribution in [0.4, 0.5) is 5.95 Å². The Morgan fingerprint density at radius 2 is 2.11 bits per heavy atom. The second-order valence-electron chi connectivity index (χ2n) is 4.00. The van der Waals surface area contributed by atoms with Crippen LogP contribution in [0.5, 0.6) is 0 Å². The quantitative estimate of drug-likeness (QED) is 0.612. The molecule has 1 aromatic rings. The van der Waals surface area contributed by atoms with Crippen LogP contribution in [0, 0.1) is 5.92 Å². The molecule has 1 heterocycles. The molecule has 98 valence electrons. The zero-order valence-electron chi connectivity index (χ0n) is 10.3. The number of amides is 2. The summed E-state index contributed by atoms with van der Waals surface area (Å²) in [6, 6.07) is -0.632. The van der Waals surface area contributed by atoms with Crippen molar-refractivity contribution >= 4 is 17.8 Å². The zero-order valence-corrected chi connectivity index (χ0v) is 10.3. The van der Waals surface area contributed by atoms with E-state index in [0.29, 0.717) is 0 Å². The number of nitrogens with zero attached hydrogens (tertiary/aromatic N) is 3. The van der Waals surface area contributed by atoms with Crippen molar-refractivity contribution in [3.05, 3.63) is 12.4 Å². The van der Waals surface area contributed by atoms with Crippen LogP contribution >= 0.6 is 0 Å². The molecule has 1 rings (SSSR count). The van der Waals surface area contributed by atoms with Crippen LogP contribution in [0.15, 0.2) is 12.4 Å². The maximum Gasteiger partial charge on any atom is 0.249 e. The fourth-order valence-corrected chi connectivity index (χ4v) is 1.06. The molecule has 0 bridgehead atoms. The normalized spacial score (nSPS) is 12.0. The van der Waals surface area contributed by atoms with Crippen LogP contribution in [0.2, 0.25) is 0 Å². The van der Waals surface area contributed by atoms with Gasteiger partial charge in [-0.3, -0.25) is 14.9 Å². The van der Waals surface area contributed by atoms with Gasteiger partial charge in [0.2, 0.25) is 17.8 Å². The number of rotatable bonds is 5. The monoisotopic (exact) mass is 252 g/mol.